The summed E-state index contributed by atoms with van der Waals surface area (Å²) in [6.45, 7) is 0.358. The number of halogens is 1. The van der Waals surface area contributed by atoms with Crippen molar-refractivity contribution in [3.63, 3.8) is 0 Å². The molecule has 0 saturated carbocycles. The first-order chi connectivity index (χ1) is 10.1. The molecule has 0 aliphatic rings. The van der Waals surface area contributed by atoms with Crippen LogP contribution in [-0.2, 0) is 6.54 Å². The summed E-state index contributed by atoms with van der Waals surface area (Å²) in [6.07, 6.45) is 2.89. The fraction of sp³-hybridized carbons (Fsp3) is 0.214. The highest BCUT2D eigenvalue weighted by Crippen LogP contribution is 2.27. The number of methoxy groups -OCH3 is 2. The Labute approximate surface area is 130 Å². The monoisotopic (exact) mass is 351 g/mol. The molecule has 1 N–H and O–H groups in total. The first kappa shape index (κ1) is 15.2. The second kappa shape index (κ2) is 7.03. The predicted octanol–water partition coefficient (Wildman–Crippen LogP) is 2.19. The number of aromatic nitrogens is 2. The van der Waals surface area contributed by atoms with E-state index in [0.717, 1.165) is 5.56 Å². The third kappa shape index (κ3) is 3.91. The van der Waals surface area contributed by atoms with E-state index in [9.17, 15) is 4.79 Å². The zero-order chi connectivity index (χ0) is 15.2. The molecule has 0 radical (unpaired) electrons. The number of hydrogen-bond donors (Lipinski definition) is 1. The lowest BCUT2D eigenvalue weighted by molar-refractivity contribution is 0.0945. The maximum atomic E-state index is 11.9. The van der Waals surface area contributed by atoms with Gasteiger partial charge in [-0.15, -0.1) is 0 Å². The fourth-order valence-electron chi connectivity index (χ4n) is 1.69. The number of carbonyl (C=O) groups excluding carboxylic acids is 1. The topological polar surface area (TPSA) is 73.3 Å². The number of benzene rings is 1. The molecular weight excluding hydrogens is 338 g/mol. The van der Waals surface area contributed by atoms with Crippen molar-refractivity contribution >= 4 is 21.8 Å². The van der Waals surface area contributed by atoms with Crippen LogP contribution in [-0.4, -0.2) is 30.1 Å². The van der Waals surface area contributed by atoms with Crippen LogP contribution in [0.15, 0.2) is 35.2 Å². The van der Waals surface area contributed by atoms with Crippen molar-refractivity contribution in [1.82, 2.24) is 15.3 Å². The van der Waals surface area contributed by atoms with E-state index in [1.807, 2.05) is 12.1 Å². The molecule has 1 amide bonds. The Hall–Kier alpha value is -2.15. The summed E-state index contributed by atoms with van der Waals surface area (Å²) in [5.74, 6) is 0.976. The van der Waals surface area contributed by atoms with Crippen molar-refractivity contribution in [1.29, 1.82) is 0 Å². The summed E-state index contributed by atoms with van der Waals surface area (Å²) < 4.78 is 11.0. The van der Waals surface area contributed by atoms with Gasteiger partial charge in [-0.25, -0.2) is 9.97 Å². The normalized spacial score (nSPS) is 10.0. The molecule has 21 heavy (non-hydrogen) atoms. The van der Waals surface area contributed by atoms with Crippen molar-refractivity contribution in [3.8, 4) is 11.5 Å². The maximum Gasteiger partial charge on any atom is 0.271 e. The molecule has 2 aromatic rings. The minimum atomic E-state index is -0.287. The van der Waals surface area contributed by atoms with Gasteiger partial charge in [0.2, 0.25) is 0 Å². The van der Waals surface area contributed by atoms with Crippen LogP contribution >= 0.6 is 15.9 Å². The molecular formula is C14H14BrN3O3. The van der Waals surface area contributed by atoms with E-state index in [1.54, 1.807) is 20.3 Å². The van der Waals surface area contributed by atoms with Crippen molar-refractivity contribution < 1.29 is 14.3 Å². The van der Waals surface area contributed by atoms with Crippen LogP contribution in [0.5, 0.6) is 11.5 Å². The number of ether oxygens (including phenoxy) is 2. The molecule has 0 spiro atoms. The molecule has 1 heterocycles. The van der Waals surface area contributed by atoms with Crippen molar-refractivity contribution in [2.24, 2.45) is 0 Å². The van der Waals surface area contributed by atoms with Gasteiger partial charge < -0.3 is 14.8 Å². The summed E-state index contributed by atoms with van der Waals surface area (Å²) in [7, 11) is 3.14. The van der Waals surface area contributed by atoms with Crippen molar-refractivity contribution in [3.05, 3.63) is 46.5 Å². The van der Waals surface area contributed by atoms with Crippen LogP contribution in [0.3, 0.4) is 0 Å². The standard InChI is InChI=1S/C14H14BrN3O3/c1-20-11-4-3-9(5-12(11)21-2)6-18-14(19)10-7-17-13(15)8-16-10/h3-5,7-8H,6H2,1-2H3,(H,18,19). The van der Waals surface area contributed by atoms with Gasteiger partial charge in [0.15, 0.2) is 11.5 Å². The second-order valence-corrected chi connectivity index (χ2v) is 4.91. The minimum Gasteiger partial charge on any atom is -0.493 e. The van der Waals surface area contributed by atoms with Gasteiger partial charge >= 0.3 is 0 Å². The molecule has 1 aromatic heterocycles. The van der Waals surface area contributed by atoms with Crippen LogP contribution in [0.25, 0.3) is 0 Å². The van der Waals surface area contributed by atoms with Gasteiger partial charge in [0.05, 0.1) is 26.6 Å². The molecule has 0 aliphatic heterocycles. The molecule has 2 rings (SSSR count). The Morgan fingerprint density at radius 1 is 1.19 bits per heavy atom. The van der Waals surface area contributed by atoms with Crippen molar-refractivity contribution in [2.45, 2.75) is 6.54 Å². The number of carbonyl (C=O) groups is 1. The number of nitrogens with one attached hydrogen (secondary N) is 1. The number of rotatable bonds is 5. The Bertz CT molecular complexity index is 632. The van der Waals surface area contributed by atoms with E-state index in [1.165, 1.54) is 12.4 Å². The third-order valence-corrected chi connectivity index (χ3v) is 3.16. The Morgan fingerprint density at radius 2 is 1.95 bits per heavy atom. The molecule has 0 atom stereocenters. The quantitative estimate of drug-likeness (QED) is 0.893. The van der Waals surface area contributed by atoms with E-state index in [4.69, 9.17) is 9.47 Å². The lowest BCUT2D eigenvalue weighted by Crippen LogP contribution is -2.23. The van der Waals surface area contributed by atoms with Gasteiger partial charge in [-0.3, -0.25) is 4.79 Å². The summed E-state index contributed by atoms with van der Waals surface area (Å²) in [5.41, 5.74) is 1.16. The van der Waals surface area contributed by atoms with Crippen LogP contribution in [0.2, 0.25) is 0 Å². The molecule has 110 valence electrons. The van der Waals surface area contributed by atoms with Crippen LogP contribution in [0, 0.1) is 0 Å². The summed E-state index contributed by atoms with van der Waals surface area (Å²) >= 11 is 3.17. The van der Waals surface area contributed by atoms with E-state index in [0.29, 0.717) is 22.6 Å². The smallest absolute Gasteiger partial charge is 0.271 e. The van der Waals surface area contributed by atoms with Crippen LogP contribution in [0.4, 0.5) is 0 Å². The zero-order valence-electron chi connectivity index (χ0n) is 11.6. The highest BCUT2D eigenvalue weighted by Gasteiger charge is 2.09. The first-order valence-corrected chi connectivity index (χ1v) is 6.90. The van der Waals surface area contributed by atoms with Gasteiger partial charge in [0, 0.05) is 6.54 Å². The van der Waals surface area contributed by atoms with Gasteiger partial charge in [-0.1, -0.05) is 6.07 Å². The molecule has 0 bridgehead atoms. The number of nitrogens with zero attached hydrogens (tertiary/aromatic N) is 2. The van der Waals surface area contributed by atoms with Crippen LogP contribution in [0.1, 0.15) is 16.1 Å². The average molecular weight is 352 g/mol. The lowest BCUT2D eigenvalue weighted by Gasteiger charge is -2.10. The predicted molar refractivity (Wildman–Crippen MR) is 80.4 cm³/mol. The van der Waals surface area contributed by atoms with E-state index >= 15 is 0 Å². The Kier molecular flexibility index (Phi) is 5.10. The van der Waals surface area contributed by atoms with E-state index in [-0.39, 0.29) is 11.6 Å². The number of amides is 1. The highest BCUT2D eigenvalue weighted by atomic mass is 79.9. The molecule has 0 aliphatic carbocycles. The summed E-state index contributed by atoms with van der Waals surface area (Å²) in [6, 6.07) is 5.46. The third-order valence-electron chi connectivity index (χ3n) is 2.75. The molecule has 0 saturated heterocycles. The highest BCUT2D eigenvalue weighted by molar-refractivity contribution is 9.10. The van der Waals surface area contributed by atoms with Gasteiger partial charge in [0.1, 0.15) is 10.3 Å². The average Bonchev–Trinajstić information content (AvgIpc) is 2.52. The van der Waals surface area contributed by atoms with Gasteiger partial charge in [0.25, 0.3) is 5.91 Å². The summed E-state index contributed by atoms with van der Waals surface area (Å²) in [4.78, 5) is 19.9. The van der Waals surface area contributed by atoms with Crippen molar-refractivity contribution in [2.75, 3.05) is 14.2 Å². The first-order valence-electron chi connectivity index (χ1n) is 6.10. The lowest BCUT2D eigenvalue weighted by atomic mass is 10.2. The van der Waals surface area contributed by atoms with Gasteiger partial charge in [-0.2, -0.15) is 0 Å². The minimum absolute atomic E-state index is 0.263. The molecule has 6 nitrogen and oxygen atoms in total. The molecule has 1 aromatic carbocycles. The maximum absolute atomic E-state index is 11.9. The largest absolute Gasteiger partial charge is 0.493 e. The molecule has 0 fully saturated rings. The zero-order valence-corrected chi connectivity index (χ0v) is 13.2. The SMILES string of the molecule is COc1ccc(CNC(=O)c2cnc(Br)cn2)cc1OC. The van der Waals surface area contributed by atoms with Crippen LogP contribution < -0.4 is 14.8 Å². The van der Waals surface area contributed by atoms with E-state index < -0.39 is 0 Å². The summed E-state index contributed by atoms with van der Waals surface area (Å²) in [5, 5.41) is 2.77. The fourth-order valence-corrected chi connectivity index (χ4v) is 1.90. The number of hydrogen-bond acceptors (Lipinski definition) is 5. The van der Waals surface area contributed by atoms with E-state index in [2.05, 4.69) is 31.2 Å². The Balaban J connectivity index is 2.02. The Morgan fingerprint density at radius 3 is 2.57 bits per heavy atom. The second-order valence-electron chi connectivity index (χ2n) is 4.10. The molecule has 0 unspecified atom stereocenters. The van der Waals surface area contributed by atoms with Gasteiger partial charge in [-0.05, 0) is 33.6 Å². The molecule has 7 heteroatoms.